The van der Waals surface area contributed by atoms with Crippen LogP contribution in [0.2, 0.25) is 5.15 Å². The Balaban J connectivity index is 2.04. The molecule has 1 aliphatic rings. The van der Waals surface area contributed by atoms with Crippen LogP contribution in [0, 0.1) is 0 Å². The van der Waals surface area contributed by atoms with Crippen molar-refractivity contribution >= 4 is 17.5 Å². The van der Waals surface area contributed by atoms with Crippen molar-refractivity contribution in [3.05, 3.63) is 11.2 Å². The summed E-state index contributed by atoms with van der Waals surface area (Å²) in [6.07, 6.45) is 6.24. The Morgan fingerprint density at radius 2 is 2.06 bits per heavy atom. The third-order valence-corrected chi connectivity index (χ3v) is 3.01. The molecule has 1 aliphatic carbocycles. The van der Waals surface area contributed by atoms with E-state index >= 15 is 0 Å². The number of anilines is 1. The first-order valence-electron chi connectivity index (χ1n) is 5.63. The van der Waals surface area contributed by atoms with Crippen LogP contribution in [0.4, 0.5) is 5.95 Å². The van der Waals surface area contributed by atoms with E-state index in [1.54, 1.807) is 13.2 Å². The fraction of sp³-hybridized carbons (Fsp3) is 0.636. The second-order valence-electron chi connectivity index (χ2n) is 4.04. The summed E-state index contributed by atoms with van der Waals surface area (Å²) in [5.41, 5.74) is 0. The standard InChI is InChI=1S/C11H16ClN3O/c1-16-10-7-9(12)14-11(15-10)13-8-5-3-2-4-6-8/h7-8H,2-6H2,1H3,(H,13,14,15). The largest absolute Gasteiger partial charge is 0.481 e. The highest BCUT2D eigenvalue weighted by molar-refractivity contribution is 6.29. The van der Waals surface area contributed by atoms with Gasteiger partial charge in [0.05, 0.1) is 7.11 Å². The lowest BCUT2D eigenvalue weighted by Gasteiger charge is -2.22. The molecule has 0 aromatic carbocycles. The van der Waals surface area contributed by atoms with E-state index in [9.17, 15) is 0 Å². The highest BCUT2D eigenvalue weighted by Crippen LogP contribution is 2.22. The minimum absolute atomic E-state index is 0.408. The summed E-state index contributed by atoms with van der Waals surface area (Å²) in [7, 11) is 1.57. The quantitative estimate of drug-likeness (QED) is 0.827. The van der Waals surface area contributed by atoms with Gasteiger partial charge >= 0.3 is 0 Å². The maximum atomic E-state index is 5.88. The molecule has 88 valence electrons. The summed E-state index contributed by atoms with van der Waals surface area (Å²) >= 11 is 5.88. The van der Waals surface area contributed by atoms with Gasteiger partial charge in [0.2, 0.25) is 11.8 Å². The number of hydrogen-bond acceptors (Lipinski definition) is 4. The molecule has 0 bridgehead atoms. The molecule has 0 aliphatic heterocycles. The Morgan fingerprint density at radius 3 is 2.75 bits per heavy atom. The summed E-state index contributed by atoms with van der Waals surface area (Å²) in [5.74, 6) is 1.06. The van der Waals surface area contributed by atoms with Gasteiger partial charge in [0, 0.05) is 12.1 Å². The van der Waals surface area contributed by atoms with Crippen LogP contribution in [0.15, 0.2) is 6.07 Å². The van der Waals surface area contributed by atoms with Gasteiger partial charge in [-0.2, -0.15) is 4.98 Å². The number of hydrogen-bond donors (Lipinski definition) is 1. The Morgan fingerprint density at radius 1 is 1.31 bits per heavy atom. The third-order valence-electron chi connectivity index (χ3n) is 2.82. The molecule has 2 rings (SSSR count). The second kappa shape index (κ2) is 5.34. The molecule has 5 heteroatoms. The van der Waals surface area contributed by atoms with Crippen molar-refractivity contribution in [2.75, 3.05) is 12.4 Å². The molecule has 16 heavy (non-hydrogen) atoms. The molecular formula is C11H16ClN3O. The molecule has 1 heterocycles. The topological polar surface area (TPSA) is 47.0 Å². The van der Waals surface area contributed by atoms with Crippen molar-refractivity contribution in [3.63, 3.8) is 0 Å². The predicted octanol–water partition coefficient (Wildman–Crippen LogP) is 2.88. The second-order valence-corrected chi connectivity index (χ2v) is 4.42. The molecule has 1 aromatic heterocycles. The molecule has 0 amide bonds. The van der Waals surface area contributed by atoms with Crippen LogP contribution in [0.1, 0.15) is 32.1 Å². The smallest absolute Gasteiger partial charge is 0.227 e. The average molecular weight is 242 g/mol. The van der Waals surface area contributed by atoms with Gasteiger partial charge in [-0.3, -0.25) is 0 Å². The van der Waals surface area contributed by atoms with Crippen molar-refractivity contribution in [1.82, 2.24) is 9.97 Å². The van der Waals surface area contributed by atoms with E-state index in [0.29, 0.717) is 23.0 Å². The van der Waals surface area contributed by atoms with Crippen LogP contribution in [0.25, 0.3) is 0 Å². The molecule has 0 unspecified atom stereocenters. The van der Waals surface area contributed by atoms with Crippen LogP contribution in [0.3, 0.4) is 0 Å². The van der Waals surface area contributed by atoms with Gasteiger partial charge in [0.15, 0.2) is 0 Å². The summed E-state index contributed by atoms with van der Waals surface area (Å²) in [6, 6.07) is 2.07. The van der Waals surface area contributed by atoms with Crippen molar-refractivity contribution in [3.8, 4) is 5.88 Å². The van der Waals surface area contributed by atoms with Gasteiger partial charge in [-0.05, 0) is 12.8 Å². The number of rotatable bonds is 3. The zero-order chi connectivity index (χ0) is 11.4. The highest BCUT2D eigenvalue weighted by atomic mass is 35.5. The zero-order valence-electron chi connectivity index (χ0n) is 9.37. The zero-order valence-corrected chi connectivity index (χ0v) is 10.1. The van der Waals surface area contributed by atoms with Crippen molar-refractivity contribution in [2.45, 2.75) is 38.1 Å². The van der Waals surface area contributed by atoms with Gasteiger partial charge in [0.1, 0.15) is 5.15 Å². The lowest BCUT2D eigenvalue weighted by molar-refractivity contribution is 0.396. The van der Waals surface area contributed by atoms with E-state index in [1.165, 1.54) is 32.1 Å². The van der Waals surface area contributed by atoms with E-state index in [-0.39, 0.29) is 0 Å². The average Bonchev–Trinajstić information content (AvgIpc) is 2.29. The predicted molar refractivity (Wildman–Crippen MR) is 64.1 cm³/mol. The minimum Gasteiger partial charge on any atom is -0.481 e. The van der Waals surface area contributed by atoms with E-state index in [4.69, 9.17) is 16.3 Å². The van der Waals surface area contributed by atoms with E-state index in [1.807, 2.05) is 0 Å². The third kappa shape index (κ3) is 2.98. The molecule has 0 atom stereocenters. The molecule has 4 nitrogen and oxygen atoms in total. The van der Waals surface area contributed by atoms with Gasteiger partial charge in [0.25, 0.3) is 0 Å². The number of nitrogens with zero attached hydrogens (tertiary/aromatic N) is 2. The summed E-state index contributed by atoms with van der Waals surface area (Å²) in [5, 5.41) is 3.72. The maximum Gasteiger partial charge on any atom is 0.227 e. The first kappa shape index (κ1) is 11.5. The van der Waals surface area contributed by atoms with Gasteiger partial charge in [-0.15, -0.1) is 0 Å². The van der Waals surface area contributed by atoms with E-state index < -0.39 is 0 Å². The Labute approximate surface area is 100 Å². The minimum atomic E-state index is 0.408. The first-order valence-corrected chi connectivity index (χ1v) is 6.01. The lowest BCUT2D eigenvalue weighted by Crippen LogP contribution is -2.23. The Kier molecular flexibility index (Phi) is 3.83. The van der Waals surface area contributed by atoms with Crippen LogP contribution < -0.4 is 10.1 Å². The number of aromatic nitrogens is 2. The fourth-order valence-corrected chi connectivity index (χ4v) is 2.17. The van der Waals surface area contributed by atoms with Crippen LogP contribution in [-0.4, -0.2) is 23.1 Å². The fourth-order valence-electron chi connectivity index (χ4n) is 2.00. The van der Waals surface area contributed by atoms with Gasteiger partial charge in [-0.1, -0.05) is 30.9 Å². The molecular weight excluding hydrogens is 226 g/mol. The SMILES string of the molecule is COc1cc(Cl)nc(NC2CCCCC2)n1. The summed E-state index contributed by atoms with van der Waals surface area (Å²) in [4.78, 5) is 8.36. The molecule has 1 aromatic rings. The lowest BCUT2D eigenvalue weighted by atomic mass is 9.96. The van der Waals surface area contributed by atoms with Crippen molar-refractivity contribution < 1.29 is 4.74 Å². The molecule has 0 spiro atoms. The molecule has 0 saturated heterocycles. The van der Waals surface area contributed by atoms with Crippen LogP contribution in [0.5, 0.6) is 5.88 Å². The van der Waals surface area contributed by atoms with Crippen molar-refractivity contribution in [2.24, 2.45) is 0 Å². The van der Waals surface area contributed by atoms with Crippen LogP contribution in [-0.2, 0) is 0 Å². The van der Waals surface area contributed by atoms with E-state index in [2.05, 4.69) is 15.3 Å². The van der Waals surface area contributed by atoms with Gasteiger partial charge < -0.3 is 10.1 Å². The Bertz CT molecular complexity index is 353. The van der Waals surface area contributed by atoms with Crippen molar-refractivity contribution in [1.29, 1.82) is 0 Å². The normalized spacial score (nSPS) is 17.1. The molecule has 1 N–H and O–H groups in total. The number of methoxy groups -OCH3 is 1. The monoisotopic (exact) mass is 241 g/mol. The number of nitrogens with one attached hydrogen (secondary N) is 1. The summed E-state index contributed by atoms with van der Waals surface area (Å²) in [6.45, 7) is 0. The van der Waals surface area contributed by atoms with Crippen LogP contribution >= 0.6 is 11.6 Å². The summed E-state index contributed by atoms with van der Waals surface area (Å²) < 4.78 is 5.05. The Hall–Kier alpha value is -1.03. The van der Waals surface area contributed by atoms with Gasteiger partial charge in [-0.25, -0.2) is 4.98 Å². The molecule has 1 fully saturated rings. The maximum absolute atomic E-state index is 5.88. The number of ether oxygens (including phenoxy) is 1. The highest BCUT2D eigenvalue weighted by Gasteiger charge is 2.14. The first-order chi connectivity index (χ1) is 7.78. The van der Waals surface area contributed by atoms with E-state index in [0.717, 1.165) is 0 Å². The number of halogens is 1. The molecule has 1 saturated carbocycles. The molecule has 0 radical (unpaired) electrons.